The largest absolute Gasteiger partial charge is 0.495 e. The molecule has 1 atom stereocenters. The Hall–Kier alpha value is -1.28. The van der Waals surface area contributed by atoms with E-state index < -0.39 is 7.12 Å². The first-order valence-electron chi connectivity index (χ1n) is 5.67. The Labute approximate surface area is 117 Å². The Bertz CT molecular complexity index is 460. The highest BCUT2D eigenvalue weighted by molar-refractivity contribution is 6.62. The lowest BCUT2D eigenvalue weighted by Gasteiger charge is -2.11. The molecule has 1 heterocycles. The number of carbonyl (C=O) groups excluding carboxylic acids is 1. The molecule has 0 spiro atoms. The molecule has 1 aromatic rings. The van der Waals surface area contributed by atoms with Crippen molar-refractivity contribution >= 4 is 30.9 Å². The van der Waals surface area contributed by atoms with Crippen LogP contribution in [0.5, 0.6) is 5.75 Å². The van der Waals surface area contributed by atoms with Crippen LogP contribution in [0.3, 0.4) is 0 Å². The summed E-state index contributed by atoms with van der Waals surface area (Å²) in [5.74, 6) is 0.309. The highest BCUT2D eigenvalue weighted by Crippen LogP contribution is 2.26. The molecule has 0 saturated heterocycles. The number of rotatable bonds is 4. The van der Waals surface area contributed by atoms with Crippen molar-refractivity contribution in [3.8, 4) is 5.75 Å². The molecule has 19 heavy (non-hydrogen) atoms. The van der Waals surface area contributed by atoms with Crippen LogP contribution in [-0.4, -0.2) is 31.3 Å². The molecule has 1 aliphatic heterocycles. The van der Waals surface area contributed by atoms with Gasteiger partial charge in [0.05, 0.1) is 6.10 Å². The van der Waals surface area contributed by atoms with Crippen LogP contribution in [0.15, 0.2) is 18.2 Å². The summed E-state index contributed by atoms with van der Waals surface area (Å²) in [6, 6.07) is 5.35. The molecular formula is C11H16BClN2O4. The van der Waals surface area contributed by atoms with Crippen LogP contribution in [0, 0.1) is 0 Å². The minimum atomic E-state index is -1.04. The maximum atomic E-state index is 10.7. The Kier molecular flexibility index (Phi) is 5.62. The van der Waals surface area contributed by atoms with E-state index in [1.165, 1.54) is 6.92 Å². The van der Waals surface area contributed by atoms with Crippen molar-refractivity contribution in [1.82, 2.24) is 5.32 Å². The predicted octanol–water partition coefficient (Wildman–Crippen LogP) is -0.702. The van der Waals surface area contributed by atoms with Crippen molar-refractivity contribution in [1.29, 1.82) is 0 Å². The lowest BCUT2D eigenvalue weighted by atomic mass is 9.78. The van der Waals surface area contributed by atoms with E-state index in [4.69, 9.17) is 15.1 Å². The van der Waals surface area contributed by atoms with Crippen molar-refractivity contribution < 1.29 is 19.2 Å². The molecule has 4 N–H and O–H groups in total. The van der Waals surface area contributed by atoms with Gasteiger partial charge < -0.3 is 25.5 Å². The molecule has 6 nitrogen and oxygen atoms in total. The summed E-state index contributed by atoms with van der Waals surface area (Å²) < 4.78 is 10.7. The summed E-state index contributed by atoms with van der Waals surface area (Å²) in [4.78, 5) is 10.7. The van der Waals surface area contributed by atoms with Gasteiger partial charge in [-0.3, -0.25) is 4.79 Å². The molecule has 0 bridgehead atoms. The maximum Gasteiger partial charge on any atom is 0.495 e. The zero-order chi connectivity index (χ0) is 13.1. The number of nitrogens with two attached hydrogens (primary N) is 1. The van der Waals surface area contributed by atoms with E-state index in [2.05, 4.69) is 5.32 Å². The predicted molar refractivity (Wildman–Crippen MR) is 73.5 cm³/mol. The Morgan fingerprint density at radius 3 is 3.00 bits per heavy atom. The molecule has 0 aliphatic carbocycles. The number of benzene rings is 1. The van der Waals surface area contributed by atoms with Crippen LogP contribution >= 0.6 is 12.4 Å². The molecule has 1 amide bonds. The fourth-order valence-electron chi connectivity index (χ4n) is 1.93. The second-order valence-corrected chi connectivity index (χ2v) is 3.99. The van der Waals surface area contributed by atoms with Gasteiger partial charge in [-0.1, -0.05) is 12.1 Å². The standard InChI is InChI=1S/C11H15BN2O4.ClH/c1-7(15)14-6-17-9-4-2-3-8-10(5-13)18-12(16)11(8)9;/h2-4,10,16H,5-6,13H2,1H3,(H,14,15);1H. The number of fused-ring (bicyclic) bond motifs is 1. The summed E-state index contributed by atoms with van der Waals surface area (Å²) >= 11 is 0. The molecule has 1 aliphatic rings. The van der Waals surface area contributed by atoms with Gasteiger partial charge in [-0.05, 0) is 11.6 Å². The monoisotopic (exact) mass is 286 g/mol. The van der Waals surface area contributed by atoms with Crippen molar-refractivity contribution in [2.24, 2.45) is 5.73 Å². The number of nitrogens with one attached hydrogen (secondary N) is 1. The Morgan fingerprint density at radius 2 is 2.37 bits per heavy atom. The summed E-state index contributed by atoms with van der Waals surface area (Å²) in [6.07, 6.45) is -0.320. The molecule has 0 aromatic heterocycles. The van der Waals surface area contributed by atoms with E-state index in [1.807, 2.05) is 6.07 Å². The quantitative estimate of drug-likeness (QED) is 0.503. The second kappa shape index (κ2) is 6.77. The van der Waals surface area contributed by atoms with Gasteiger partial charge in [-0.15, -0.1) is 12.4 Å². The fraction of sp³-hybridized carbons (Fsp3) is 0.364. The third-order valence-corrected chi connectivity index (χ3v) is 2.75. The van der Waals surface area contributed by atoms with Gasteiger partial charge in [0.25, 0.3) is 0 Å². The van der Waals surface area contributed by atoms with Gasteiger partial charge in [-0.25, -0.2) is 0 Å². The van der Waals surface area contributed by atoms with Crippen LogP contribution in [0.4, 0.5) is 0 Å². The Morgan fingerprint density at radius 1 is 1.63 bits per heavy atom. The summed E-state index contributed by atoms with van der Waals surface area (Å²) in [5, 5.41) is 12.3. The molecule has 1 unspecified atom stereocenters. The lowest BCUT2D eigenvalue weighted by Crippen LogP contribution is -2.32. The average Bonchev–Trinajstić information content (AvgIpc) is 2.67. The molecular weight excluding hydrogens is 270 g/mol. The minimum Gasteiger partial charge on any atom is -0.474 e. The molecule has 8 heteroatoms. The van der Waals surface area contributed by atoms with Crippen LogP contribution < -0.4 is 21.3 Å². The zero-order valence-corrected chi connectivity index (χ0v) is 11.3. The number of amides is 1. The van der Waals surface area contributed by atoms with Crippen LogP contribution in [0.1, 0.15) is 18.6 Å². The topological polar surface area (TPSA) is 93.8 Å². The normalized spacial score (nSPS) is 16.6. The first-order chi connectivity index (χ1) is 8.63. The third-order valence-electron chi connectivity index (χ3n) is 2.75. The number of hydrogen-bond donors (Lipinski definition) is 3. The highest BCUT2D eigenvalue weighted by atomic mass is 35.5. The van der Waals surface area contributed by atoms with E-state index in [0.717, 1.165) is 5.56 Å². The van der Waals surface area contributed by atoms with Crippen molar-refractivity contribution in [2.45, 2.75) is 13.0 Å². The SMILES string of the molecule is CC(=O)NCOc1cccc2c1B(O)OC2CN.Cl. The molecule has 0 saturated carbocycles. The number of hydrogen-bond acceptors (Lipinski definition) is 5. The number of carbonyl (C=O) groups is 1. The molecule has 2 rings (SSSR count). The van der Waals surface area contributed by atoms with Crippen LogP contribution in [0.25, 0.3) is 0 Å². The first kappa shape index (κ1) is 15.8. The highest BCUT2D eigenvalue weighted by Gasteiger charge is 2.37. The van der Waals surface area contributed by atoms with Gasteiger partial charge in [0.15, 0.2) is 6.73 Å². The summed E-state index contributed by atoms with van der Waals surface area (Å²) in [5.41, 5.74) is 6.97. The van der Waals surface area contributed by atoms with Crippen molar-refractivity contribution in [3.63, 3.8) is 0 Å². The van der Waals surface area contributed by atoms with Crippen LogP contribution in [-0.2, 0) is 9.45 Å². The minimum absolute atomic E-state index is 0. The van der Waals surface area contributed by atoms with Gasteiger partial charge >= 0.3 is 7.12 Å². The van der Waals surface area contributed by atoms with E-state index in [1.54, 1.807) is 12.1 Å². The summed E-state index contributed by atoms with van der Waals surface area (Å²) in [7, 11) is -1.04. The van der Waals surface area contributed by atoms with Gasteiger partial charge in [0.1, 0.15) is 5.75 Å². The van der Waals surface area contributed by atoms with Gasteiger partial charge in [0.2, 0.25) is 5.91 Å². The van der Waals surface area contributed by atoms with Gasteiger partial charge in [0, 0.05) is 18.9 Å². The molecule has 0 fully saturated rings. The average molecular weight is 287 g/mol. The van der Waals surface area contributed by atoms with Crippen LogP contribution in [0.2, 0.25) is 0 Å². The summed E-state index contributed by atoms with van der Waals surface area (Å²) in [6.45, 7) is 1.74. The number of ether oxygens (including phenoxy) is 1. The third kappa shape index (κ3) is 3.39. The smallest absolute Gasteiger partial charge is 0.474 e. The van der Waals surface area contributed by atoms with E-state index in [9.17, 15) is 9.82 Å². The zero-order valence-electron chi connectivity index (χ0n) is 10.5. The molecule has 0 radical (unpaired) electrons. The molecule has 104 valence electrons. The second-order valence-electron chi connectivity index (χ2n) is 3.99. The van der Waals surface area contributed by atoms with Gasteiger partial charge in [-0.2, -0.15) is 0 Å². The Balaban J connectivity index is 0.00000180. The van der Waals surface area contributed by atoms with E-state index in [0.29, 0.717) is 17.8 Å². The van der Waals surface area contributed by atoms with Crippen molar-refractivity contribution in [2.75, 3.05) is 13.3 Å². The number of halogens is 1. The van der Waals surface area contributed by atoms with Crippen molar-refractivity contribution in [3.05, 3.63) is 23.8 Å². The van der Waals surface area contributed by atoms with E-state index in [-0.39, 0.29) is 31.1 Å². The first-order valence-corrected chi connectivity index (χ1v) is 5.67. The fourth-order valence-corrected chi connectivity index (χ4v) is 1.93. The van der Waals surface area contributed by atoms with E-state index >= 15 is 0 Å². The lowest BCUT2D eigenvalue weighted by molar-refractivity contribution is -0.119. The maximum absolute atomic E-state index is 10.7. The molecule has 1 aromatic carbocycles.